The minimum Gasteiger partial charge on any atom is -0.487 e. The Bertz CT molecular complexity index is 262. The maximum atomic E-state index is 5.63. The Morgan fingerprint density at radius 2 is 2.31 bits per heavy atom. The summed E-state index contributed by atoms with van der Waals surface area (Å²) in [5, 5.41) is 4.15. The van der Waals surface area contributed by atoms with Gasteiger partial charge in [0.05, 0.1) is 6.61 Å². The molecule has 1 rings (SSSR count). The molecule has 13 heavy (non-hydrogen) atoms. The zero-order chi connectivity index (χ0) is 9.68. The molecule has 1 aromatic heterocycles. The summed E-state index contributed by atoms with van der Waals surface area (Å²) < 4.78 is 9.39. The molecule has 1 aromatic rings. The van der Waals surface area contributed by atoms with Gasteiger partial charge in [0.2, 0.25) is 0 Å². The predicted molar refractivity (Wildman–Crippen MR) is 56.5 cm³/mol. The van der Waals surface area contributed by atoms with E-state index in [4.69, 9.17) is 10.5 Å². The van der Waals surface area contributed by atoms with Gasteiger partial charge in [-0.1, -0.05) is 6.92 Å². The standard InChI is InChI=1S/C8H15N3OS/c1-3-5-10-8-6(12-4-2)7(9)11-13-8/h10H,3-5H2,1-2H3,(H2,9,11). The van der Waals surface area contributed by atoms with Gasteiger partial charge in [0.25, 0.3) is 0 Å². The molecule has 0 aliphatic heterocycles. The lowest BCUT2D eigenvalue weighted by Gasteiger charge is -2.05. The Kier molecular flexibility index (Phi) is 3.82. The van der Waals surface area contributed by atoms with E-state index in [2.05, 4.69) is 16.6 Å². The van der Waals surface area contributed by atoms with Crippen LogP contribution in [0.25, 0.3) is 0 Å². The molecule has 4 nitrogen and oxygen atoms in total. The SMILES string of the molecule is CCCNc1snc(N)c1OCC. The molecule has 0 radical (unpaired) electrons. The van der Waals surface area contributed by atoms with Crippen LogP contribution in [0.1, 0.15) is 20.3 Å². The van der Waals surface area contributed by atoms with E-state index in [9.17, 15) is 0 Å². The summed E-state index contributed by atoms with van der Waals surface area (Å²) in [5.41, 5.74) is 5.63. The zero-order valence-electron chi connectivity index (χ0n) is 7.96. The van der Waals surface area contributed by atoms with Crippen LogP contribution < -0.4 is 15.8 Å². The Balaban J connectivity index is 2.68. The number of rotatable bonds is 5. The molecule has 0 saturated heterocycles. The van der Waals surface area contributed by atoms with Crippen molar-refractivity contribution in [2.24, 2.45) is 0 Å². The van der Waals surface area contributed by atoms with E-state index in [1.165, 1.54) is 11.5 Å². The molecule has 0 amide bonds. The molecule has 0 aliphatic rings. The fraction of sp³-hybridized carbons (Fsp3) is 0.625. The Morgan fingerprint density at radius 1 is 1.54 bits per heavy atom. The molecule has 3 N–H and O–H groups in total. The number of aromatic nitrogens is 1. The van der Waals surface area contributed by atoms with E-state index in [0.29, 0.717) is 18.2 Å². The largest absolute Gasteiger partial charge is 0.487 e. The van der Waals surface area contributed by atoms with Crippen LogP contribution in [0.15, 0.2) is 0 Å². The first-order valence-corrected chi connectivity index (χ1v) is 5.18. The average Bonchev–Trinajstić information content (AvgIpc) is 2.46. The molecule has 74 valence electrons. The number of hydrogen-bond donors (Lipinski definition) is 2. The summed E-state index contributed by atoms with van der Waals surface area (Å²) in [4.78, 5) is 0. The smallest absolute Gasteiger partial charge is 0.197 e. The average molecular weight is 201 g/mol. The summed E-state index contributed by atoms with van der Waals surface area (Å²) in [5.74, 6) is 1.17. The number of nitrogen functional groups attached to an aromatic ring is 1. The van der Waals surface area contributed by atoms with Crippen LogP contribution in [0, 0.1) is 0 Å². The van der Waals surface area contributed by atoms with Crippen molar-refractivity contribution in [2.45, 2.75) is 20.3 Å². The van der Waals surface area contributed by atoms with Crippen LogP contribution in [-0.4, -0.2) is 17.5 Å². The van der Waals surface area contributed by atoms with Crippen LogP contribution in [0.5, 0.6) is 5.75 Å². The number of nitrogens with one attached hydrogen (secondary N) is 1. The van der Waals surface area contributed by atoms with Gasteiger partial charge in [-0.15, -0.1) is 0 Å². The molecule has 0 unspecified atom stereocenters. The number of anilines is 2. The van der Waals surface area contributed by atoms with E-state index in [1.54, 1.807) is 0 Å². The summed E-state index contributed by atoms with van der Waals surface area (Å²) in [6, 6.07) is 0. The van der Waals surface area contributed by atoms with Gasteiger partial charge in [0.1, 0.15) is 0 Å². The van der Waals surface area contributed by atoms with E-state index < -0.39 is 0 Å². The first kappa shape index (κ1) is 10.1. The molecule has 0 fully saturated rings. The first-order valence-electron chi connectivity index (χ1n) is 4.41. The molecule has 0 saturated carbocycles. The highest BCUT2D eigenvalue weighted by atomic mass is 32.1. The third-order valence-corrected chi connectivity index (χ3v) is 2.30. The highest BCUT2D eigenvalue weighted by molar-refractivity contribution is 7.11. The van der Waals surface area contributed by atoms with Crippen molar-refractivity contribution in [1.29, 1.82) is 0 Å². The summed E-state index contributed by atoms with van der Waals surface area (Å²) in [7, 11) is 0. The van der Waals surface area contributed by atoms with Gasteiger partial charge in [-0.25, -0.2) is 0 Å². The number of nitrogens with two attached hydrogens (primary N) is 1. The third-order valence-electron chi connectivity index (χ3n) is 1.50. The van der Waals surface area contributed by atoms with Gasteiger partial charge in [0, 0.05) is 6.54 Å². The van der Waals surface area contributed by atoms with Crippen molar-refractivity contribution in [1.82, 2.24) is 4.37 Å². The fourth-order valence-corrected chi connectivity index (χ4v) is 1.61. The highest BCUT2D eigenvalue weighted by Crippen LogP contribution is 2.34. The number of ether oxygens (including phenoxy) is 1. The third kappa shape index (κ3) is 2.48. The van der Waals surface area contributed by atoms with Crippen molar-refractivity contribution >= 4 is 22.4 Å². The molecule has 0 aliphatic carbocycles. The van der Waals surface area contributed by atoms with Crippen molar-refractivity contribution in [3.63, 3.8) is 0 Å². The maximum absolute atomic E-state index is 5.63. The topological polar surface area (TPSA) is 60.2 Å². The van der Waals surface area contributed by atoms with Crippen molar-refractivity contribution in [3.8, 4) is 5.75 Å². The number of hydrogen-bond acceptors (Lipinski definition) is 5. The lowest BCUT2D eigenvalue weighted by Crippen LogP contribution is -2.01. The second-order valence-electron chi connectivity index (χ2n) is 2.59. The second kappa shape index (κ2) is 4.91. The molecular weight excluding hydrogens is 186 g/mol. The summed E-state index contributed by atoms with van der Waals surface area (Å²) in [6.07, 6.45) is 1.07. The predicted octanol–water partition coefficient (Wildman–Crippen LogP) is 1.95. The van der Waals surface area contributed by atoms with E-state index >= 15 is 0 Å². The first-order chi connectivity index (χ1) is 6.29. The van der Waals surface area contributed by atoms with Crippen LogP contribution in [0.4, 0.5) is 10.8 Å². The van der Waals surface area contributed by atoms with Crippen LogP contribution in [0.2, 0.25) is 0 Å². The van der Waals surface area contributed by atoms with Crippen LogP contribution in [0.3, 0.4) is 0 Å². The van der Waals surface area contributed by atoms with Crippen molar-refractivity contribution in [3.05, 3.63) is 0 Å². The summed E-state index contributed by atoms with van der Waals surface area (Å²) in [6.45, 7) is 5.57. The van der Waals surface area contributed by atoms with Gasteiger partial charge in [-0.3, -0.25) is 0 Å². The molecular formula is C8H15N3OS. The van der Waals surface area contributed by atoms with Gasteiger partial charge in [-0.05, 0) is 24.9 Å². The normalized spacial score (nSPS) is 10.0. The highest BCUT2D eigenvalue weighted by Gasteiger charge is 2.11. The van der Waals surface area contributed by atoms with E-state index in [0.717, 1.165) is 18.0 Å². The van der Waals surface area contributed by atoms with Gasteiger partial charge < -0.3 is 15.8 Å². The van der Waals surface area contributed by atoms with Crippen molar-refractivity contribution < 1.29 is 4.74 Å². The molecule has 5 heteroatoms. The Hall–Kier alpha value is -0.970. The zero-order valence-corrected chi connectivity index (χ0v) is 8.78. The molecule has 0 atom stereocenters. The number of nitrogens with zero attached hydrogens (tertiary/aromatic N) is 1. The van der Waals surface area contributed by atoms with Gasteiger partial charge >= 0.3 is 0 Å². The minimum absolute atomic E-state index is 0.477. The lowest BCUT2D eigenvalue weighted by atomic mass is 10.4. The van der Waals surface area contributed by atoms with E-state index in [1.807, 2.05) is 6.92 Å². The second-order valence-corrected chi connectivity index (χ2v) is 3.36. The van der Waals surface area contributed by atoms with Crippen LogP contribution in [-0.2, 0) is 0 Å². The van der Waals surface area contributed by atoms with Crippen LogP contribution >= 0.6 is 11.5 Å². The van der Waals surface area contributed by atoms with Crippen molar-refractivity contribution in [2.75, 3.05) is 24.2 Å². The van der Waals surface area contributed by atoms with Gasteiger partial charge in [-0.2, -0.15) is 4.37 Å². The lowest BCUT2D eigenvalue weighted by molar-refractivity contribution is 0.344. The monoisotopic (exact) mass is 201 g/mol. The molecule has 0 aromatic carbocycles. The molecule has 0 spiro atoms. The Morgan fingerprint density at radius 3 is 2.92 bits per heavy atom. The Labute approximate surface area is 82.3 Å². The maximum Gasteiger partial charge on any atom is 0.197 e. The minimum atomic E-state index is 0.477. The summed E-state index contributed by atoms with van der Waals surface area (Å²) >= 11 is 1.34. The van der Waals surface area contributed by atoms with Gasteiger partial charge in [0.15, 0.2) is 16.6 Å². The quantitative estimate of drug-likeness (QED) is 0.764. The fourth-order valence-electron chi connectivity index (χ4n) is 0.929. The molecule has 0 bridgehead atoms. The van der Waals surface area contributed by atoms with E-state index in [-0.39, 0.29) is 0 Å². The molecule has 1 heterocycles.